The Bertz CT molecular complexity index is 504. The van der Waals surface area contributed by atoms with Crippen molar-refractivity contribution >= 4 is 21.8 Å². The van der Waals surface area contributed by atoms with Crippen molar-refractivity contribution in [2.75, 3.05) is 19.8 Å². The molecule has 0 rings (SSSR count). The van der Waals surface area contributed by atoms with E-state index in [0.717, 1.165) is 12.2 Å². The monoisotopic (exact) mass is 289 g/mol. The zero-order valence-electron chi connectivity index (χ0n) is 11.8. The first-order chi connectivity index (χ1) is 8.39. The van der Waals surface area contributed by atoms with Crippen molar-refractivity contribution in [3.8, 4) is 0 Å². The molecule has 108 valence electrons. The molecule has 19 heavy (non-hydrogen) atoms. The summed E-state index contributed by atoms with van der Waals surface area (Å²) in [6.07, 6.45) is 2.02. The van der Waals surface area contributed by atoms with Crippen molar-refractivity contribution in [2.24, 2.45) is 0 Å². The van der Waals surface area contributed by atoms with Gasteiger partial charge in [0.05, 0.1) is 19.6 Å². The van der Waals surface area contributed by atoms with Gasteiger partial charge in [-0.15, -0.1) is 0 Å². The van der Waals surface area contributed by atoms with Crippen LogP contribution in [0.15, 0.2) is 25.3 Å². The highest BCUT2D eigenvalue weighted by atomic mass is 32.2. The van der Waals surface area contributed by atoms with Crippen molar-refractivity contribution in [1.29, 1.82) is 0 Å². The molecular weight excluding hydrogens is 268 g/mol. The molecule has 0 aromatic rings. The maximum Gasteiger partial charge on any atom is 0.352 e. The van der Waals surface area contributed by atoms with E-state index in [4.69, 9.17) is 0 Å². The van der Waals surface area contributed by atoms with E-state index >= 15 is 0 Å². The van der Waals surface area contributed by atoms with Gasteiger partial charge < -0.3 is 5.32 Å². The molecular formula is C12H21N2O4S+. The number of hydrogen-bond donors (Lipinski definition) is 1. The van der Waals surface area contributed by atoms with Crippen molar-refractivity contribution in [2.45, 2.75) is 19.4 Å². The molecule has 0 saturated heterocycles. The smallest absolute Gasteiger partial charge is 0.346 e. The second-order valence-corrected chi connectivity index (χ2v) is 7.56. The molecule has 0 atom stereocenters. The van der Waals surface area contributed by atoms with E-state index in [2.05, 4.69) is 18.5 Å². The van der Waals surface area contributed by atoms with Gasteiger partial charge in [0.2, 0.25) is 5.91 Å². The lowest BCUT2D eigenvalue weighted by atomic mass is 10.1. The molecule has 0 aromatic carbocycles. The van der Waals surface area contributed by atoms with Gasteiger partial charge in [-0.3, -0.25) is 4.79 Å². The highest BCUT2D eigenvalue weighted by molar-refractivity contribution is 7.86. The van der Waals surface area contributed by atoms with Crippen LogP contribution in [-0.4, -0.2) is 49.5 Å². The molecule has 0 radical (unpaired) electrons. The van der Waals surface area contributed by atoms with Crippen LogP contribution in [0.25, 0.3) is 0 Å². The van der Waals surface area contributed by atoms with E-state index in [1.807, 2.05) is 0 Å². The summed E-state index contributed by atoms with van der Waals surface area (Å²) in [6, 6.07) is 0. The number of carbonyl (C=O) groups excluding carboxylic acids is 2. The summed E-state index contributed by atoms with van der Waals surface area (Å²) >= 11 is 0. The third kappa shape index (κ3) is 4.29. The van der Waals surface area contributed by atoms with E-state index in [1.165, 1.54) is 14.1 Å². The van der Waals surface area contributed by atoms with Crippen LogP contribution < -0.4 is 5.32 Å². The van der Waals surface area contributed by atoms with Gasteiger partial charge in [-0.25, -0.2) is 4.79 Å². The Kier molecular flexibility index (Phi) is 5.23. The van der Waals surface area contributed by atoms with Crippen LogP contribution in [0.5, 0.6) is 0 Å². The Hall–Kier alpha value is -1.47. The van der Waals surface area contributed by atoms with E-state index in [9.17, 15) is 18.0 Å². The molecule has 0 spiro atoms. The zero-order valence-corrected chi connectivity index (χ0v) is 12.6. The fraction of sp³-hybridized carbons (Fsp3) is 0.500. The molecule has 2 amide bonds. The number of sulfonamides is 1. The summed E-state index contributed by atoms with van der Waals surface area (Å²) in [6.45, 7) is 9.70. The summed E-state index contributed by atoms with van der Waals surface area (Å²) in [5, 5.41) is 2.51. The van der Waals surface area contributed by atoms with E-state index in [-0.39, 0.29) is 5.75 Å². The highest BCUT2D eigenvalue weighted by Crippen LogP contribution is 2.16. The summed E-state index contributed by atoms with van der Waals surface area (Å²) in [4.78, 5) is 22.9. The molecule has 6 nitrogen and oxygen atoms in total. The molecule has 0 unspecified atom stereocenters. The van der Waals surface area contributed by atoms with Crippen LogP contribution in [0, 0.1) is 0 Å². The van der Waals surface area contributed by atoms with Gasteiger partial charge in [-0.1, -0.05) is 13.2 Å². The first-order valence-electron chi connectivity index (χ1n) is 5.58. The molecule has 0 fully saturated rings. The molecule has 7 heteroatoms. The molecule has 1 N–H and O–H groups in total. The van der Waals surface area contributed by atoms with Gasteiger partial charge in [0, 0.05) is 6.08 Å². The Morgan fingerprint density at radius 3 is 2.05 bits per heavy atom. The number of nitrogens with one attached hydrogen (secondary N) is 1. The summed E-state index contributed by atoms with van der Waals surface area (Å²) in [5.41, 5.74) is -1.01. The van der Waals surface area contributed by atoms with Gasteiger partial charge >= 0.3 is 15.9 Å². The first-order valence-corrected chi connectivity index (χ1v) is 7.19. The standard InChI is InChI=1S/C12H20N2O4S/c1-7-10(15)13-12(3,4)9-19(17,18)14(5,6)11(16)8-2/h7-8H,1-2,9H2,3-6H3/p+1. The minimum absolute atomic E-state index is 0.383. The lowest BCUT2D eigenvalue weighted by molar-refractivity contribution is -0.677. The number of carbonyl (C=O) groups is 2. The Labute approximate surface area is 114 Å². The van der Waals surface area contributed by atoms with Crippen LogP contribution >= 0.6 is 0 Å². The average molecular weight is 289 g/mol. The molecule has 0 saturated carbocycles. The molecule has 0 aliphatic rings. The van der Waals surface area contributed by atoms with Gasteiger partial charge in [0.15, 0.2) is 0 Å². The number of amides is 2. The minimum atomic E-state index is -3.81. The minimum Gasteiger partial charge on any atom is -0.346 e. The summed E-state index contributed by atoms with van der Waals surface area (Å²) in [7, 11) is -1.28. The van der Waals surface area contributed by atoms with Gasteiger partial charge in [-0.2, -0.15) is 12.3 Å². The van der Waals surface area contributed by atoms with Crippen LogP contribution in [-0.2, 0) is 19.6 Å². The maximum absolute atomic E-state index is 12.3. The van der Waals surface area contributed by atoms with Crippen LogP contribution in [0.1, 0.15) is 13.8 Å². The summed E-state index contributed by atoms with van der Waals surface area (Å²) < 4.78 is 23.7. The number of rotatable bonds is 6. The molecule has 0 bridgehead atoms. The predicted octanol–water partition coefficient (Wildman–Crippen LogP) is 0.186. The average Bonchev–Trinajstić information content (AvgIpc) is 2.25. The van der Waals surface area contributed by atoms with E-state index < -0.39 is 31.3 Å². The van der Waals surface area contributed by atoms with Crippen molar-refractivity contribution in [3.05, 3.63) is 25.3 Å². The molecule has 0 aliphatic carbocycles. The highest BCUT2D eigenvalue weighted by Gasteiger charge is 2.43. The number of hydrogen-bond acceptors (Lipinski definition) is 4. The fourth-order valence-electron chi connectivity index (χ4n) is 1.39. The zero-order chi connectivity index (χ0) is 15.5. The van der Waals surface area contributed by atoms with Crippen LogP contribution in [0.4, 0.5) is 0 Å². The maximum atomic E-state index is 12.3. The van der Waals surface area contributed by atoms with E-state index in [0.29, 0.717) is 0 Å². The van der Waals surface area contributed by atoms with Crippen molar-refractivity contribution < 1.29 is 21.9 Å². The molecule has 0 aliphatic heterocycles. The molecule has 0 aromatic heterocycles. The van der Waals surface area contributed by atoms with Crippen LogP contribution in [0.3, 0.4) is 0 Å². The Morgan fingerprint density at radius 2 is 1.68 bits per heavy atom. The first kappa shape index (κ1) is 17.5. The van der Waals surface area contributed by atoms with Gasteiger partial charge in [0.1, 0.15) is 5.75 Å². The quantitative estimate of drug-likeness (QED) is 0.559. The second-order valence-electron chi connectivity index (χ2n) is 5.20. The van der Waals surface area contributed by atoms with Crippen molar-refractivity contribution in [3.63, 3.8) is 0 Å². The third-order valence-electron chi connectivity index (χ3n) is 2.59. The molecule has 0 heterocycles. The third-order valence-corrected chi connectivity index (χ3v) is 5.25. The lowest BCUT2D eigenvalue weighted by Gasteiger charge is -2.30. The number of quaternary nitrogens is 1. The van der Waals surface area contributed by atoms with Crippen LogP contribution in [0.2, 0.25) is 0 Å². The Balaban J connectivity index is 5.26. The lowest BCUT2D eigenvalue weighted by Crippen LogP contribution is -2.57. The van der Waals surface area contributed by atoms with E-state index in [1.54, 1.807) is 13.8 Å². The Morgan fingerprint density at radius 1 is 1.21 bits per heavy atom. The largest absolute Gasteiger partial charge is 0.352 e. The second kappa shape index (κ2) is 5.66. The SMILES string of the molecule is C=CC(=O)NC(C)(C)CS(=O)(=O)[N+](C)(C)C(=O)C=C. The fourth-order valence-corrected chi connectivity index (χ4v) is 3.05. The number of likely N-dealkylation sites (N-methyl/N-ethyl adjacent to an activating group) is 1. The topological polar surface area (TPSA) is 80.3 Å². The predicted molar refractivity (Wildman–Crippen MR) is 73.5 cm³/mol. The number of nitrogens with zero attached hydrogens (tertiary/aromatic N) is 1. The van der Waals surface area contributed by atoms with Gasteiger partial charge in [0.25, 0.3) is 0 Å². The summed E-state index contributed by atoms with van der Waals surface area (Å²) in [5.74, 6) is -1.49. The van der Waals surface area contributed by atoms with Crippen molar-refractivity contribution in [1.82, 2.24) is 5.32 Å². The normalized spacial score (nSPS) is 12.6. The van der Waals surface area contributed by atoms with Gasteiger partial charge in [-0.05, 0) is 19.9 Å².